The molecular weight excluding hydrogens is 136 g/mol. The van der Waals surface area contributed by atoms with Gasteiger partial charge in [-0.3, -0.25) is 4.18 Å². The molecule has 0 N–H and O–H groups in total. The van der Waals surface area contributed by atoms with Crippen LogP contribution >= 0.6 is 0 Å². The summed E-state index contributed by atoms with van der Waals surface area (Å²) >= 11 is 0. The zero-order valence-electron chi connectivity index (χ0n) is 3.79. The van der Waals surface area contributed by atoms with Crippen LogP contribution in [0, 0.1) is 0 Å². The molecule has 0 saturated carbocycles. The van der Waals surface area contributed by atoms with Gasteiger partial charge in [0.05, 0.1) is 6.61 Å². The topological polar surface area (TPSA) is 43.4 Å². The summed E-state index contributed by atoms with van der Waals surface area (Å²) < 4.78 is 23.9. The van der Waals surface area contributed by atoms with Crippen molar-refractivity contribution in [1.29, 1.82) is 0 Å². The molecule has 0 aliphatic carbocycles. The molecule has 3 nitrogen and oxygen atoms in total. The first kappa shape index (κ1) is 7.13. The van der Waals surface area contributed by atoms with E-state index in [1.54, 1.807) is 6.92 Å². The van der Waals surface area contributed by atoms with Gasteiger partial charge in [0.1, 0.15) is 0 Å². The summed E-state index contributed by atoms with van der Waals surface area (Å²) in [5, 5.41) is 0. The zero-order chi connectivity index (χ0) is 5.70. The van der Waals surface area contributed by atoms with Crippen molar-refractivity contribution in [2.24, 2.45) is 0 Å². The lowest BCUT2D eigenvalue weighted by Crippen LogP contribution is -1.83. The Morgan fingerprint density at radius 1 is 1.86 bits per heavy atom. The fourth-order valence-electron chi connectivity index (χ4n) is 0.127. The number of thiol groups is 1. The summed E-state index contributed by atoms with van der Waals surface area (Å²) in [6, 6.07) is 0. The lowest BCUT2D eigenvalue weighted by atomic mass is 10.9. The summed E-state index contributed by atoms with van der Waals surface area (Å²) in [6.07, 6.45) is 0. The Balaban J connectivity index is 3.61. The van der Waals surface area contributed by atoms with Gasteiger partial charge >= 0.3 is 0 Å². The molecule has 5 heteroatoms. The monoisotopic (exact) mass is 142 g/mol. The van der Waals surface area contributed by atoms with Crippen LogP contribution in [0.2, 0.25) is 0 Å². The fourth-order valence-corrected chi connectivity index (χ4v) is 0.826. The molecule has 0 aromatic rings. The van der Waals surface area contributed by atoms with Crippen LogP contribution in [0.25, 0.3) is 0 Å². The van der Waals surface area contributed by atoms with Crippen molar-refractivity contribution in [3.8, 4) is 0 Å². The molecule has 0 saturated heterocycles. The van der Waals surface area contributed by atoms with Gasteiger partial charge in [-0.15, -0.1) is 0 Å². The van der Waals surface area contributed by atoms with Crippen molar-refractivity contribution < 1.29 is 12.6 Å². The van der Waals surface area contributed by atoms with E-state index in [-0.39, 0.29) is 10.2 Å². The molecular formula is C2H6O3S2. The van der Waals surface area contributed by atoms with Gasteiger partial charge < -0.3 is 0 Å². The maximum absolute atomic E-state index is 9.99. The van der Waals surface area contributed by atoms with E-state index in [0.29, 0.717) is 6.61 Å². The molecule has 0 spiro atoms. The van der Waals surface area contributed by atoms with E-state index in [0.717, 1.165) is 0 Å². The number of hydrogen-bond acceptors (Lipinski definition) is 3. The fraction of sp³-hybridized carbons (Fsp3) is 1.00. The molecule has 0 amide bonds. The molecule has 0 rings (SSSR count). The van der Waals surface area contributed by atoms with Crippen molar-refractivity contribution in [2.45, 2.75) is 6.92 Å². The third-order valence-corrected chi connectivity index (χ3v) is 1.57. The van der Waals surface area contributed by atoms with Crippen LogP contribution in [-0.2, 0) is 24.0 Å². The molecule has 0 fully saturated rings. The standard InChI is InChI=1S/C2H6O3S2/c1-2-5-7(4)6-3/h7H,2H2,1H3. The third kappa shape index (κ3) is 3.97. The zero-order valence-corrected chi connectivity index (χ0v) is 5.50. The molecule has 0 aliphatic rings. The van der Waals surface area contributed by atoms with Crippen LogP contribution in [0.15, 0.2) is 0 Å². The van der Waals surface area contributed by atoms with Gasteiger partial charge in [0.15, 0.2) is 19.9 Å². The SMILES string of the molecule is CCO[SH](=O)=S=O. The first-order valence-electron chi connectivity index (χ1n) is 1.71. The molecule has 1 atom stereocenters. The van der Waals surface area contributed by atoms with Gasteiger partial charge in [-0.05, 0) is 6.92 Å². The molecule has 0 heterocycles. The van der Waals surface area contributed by atoms with Gasteiger partial charge in [0, 0.05) is 0 Å². The second-order valence-electron chi connectivity index (χ2n) is 0.716. The molecule has 0 aromatic carbocycles. The Bertz CT molecular complexity index is 130. The average molecular weight is 142 g/mol. The summed E-state index contributed by atoms with van der Waals surface area (Å²) in [4.78, 5) is 0. The normalized spacial score (nSPS) is 13.3. The minimum atomic E-state index is -1.97. The second-order valence-corrected chi connectivity index (χ2v) is 2.91. The highest BCUT2D eigenvalue weighted by molar-refractivity contribution is 8.22. The average Bonchev–Trinajstić information content (AvgIpc) is 1.68. The van der Waals surface area contributed by atoms with Crippen molar-refractivity contribution in [1.82, 2.24) is 0 Å². The Hall–Kier alpha value is 0.130. The second kappa shape index (κ2) is 4.29. The summed E-state index contributed by atoms with van der Waals surface area (Å²) in [5.74, 6) is 0. The van der Waals surface area contributed by atoms with Gasteiger partial charge in [-0.25, -0.2) is 8.42 Å². The number of rotatable bonds is 2. The maximum Gasteiger partial charge on any atom is 0.174 e. The third-order valence-electron chi connectivity index (χ3n) is 0.295. The van der Waals surface area contributed by atoms with E-state index in [1.807, 2.05) is 0 Å². The van der Waals surface area contributed by atoms with Crippen molar-refractivity contribution >= 4 is 19.9 Å². The summed E-state index contributed by atoms with van der Waals surface area (Å²) in [7, 11) is -1.98. The van der Waals surface area contributed by atoms with Crippen LogP contribution < -0.4 is 0 Å². The van der Waals surface area contributed by atoms with E-state index in [1.165, 1.54) is 0 Å². The molecule has 44 valence electrons. The van der Waals surface area contributed by atoms with E-state index in [4.69, 9.17) is 0 Å². The van der Waals surface area contributed by atoms with Crippen LogP contribution in [0.5, 0.6) is 0 Å². The van der Waals surface area contributed by atoms with Crippen LogP contribution in [0.1, 0.15) is 6.92 Å². The Morgan fingerprint density at radius 3 is 2.57 bits per heavy atom. The highest BCUT2D eigenvalue weighted by atomic mass is 32.8. The van der Waals surface area contributed by atoms with Crippen molar-refractivity contribution in [3.63, 3.8) is 0 Å². The first-order valence-corrected chi connectivity index (χ1v) is 4.23. The molecule has 0 aromatic heterocycles. The van der Waals surface area contributed by atoms with E-state index < -0.39 is 9.64 Å². The van der Waals surface area contributed by atoms with Gasteiger partial charge in [-0.1, -0.05) is 0 Å². The Morgan fingerprint density at radius 2 is 2.43 bits per heavy atom. The largest absolute Gasteiger partial charge is 0.291 e. The summed E-state index contributed by atoms with van der Waals surface area (Å²) in [5.41, 5.74) is 0. The maximum atomic E-state index is 9.99. The highest BCUT2D eigenvalue weighted by Crippen LogP contribution is 1.68. The molecule has 1 unspecified atom stereocenters. The molecule has 0 radical (unpaired) electrons. The minimum Gasteiger partial charge on any atom is -0.291 e. The lowest BCUT2D eigenvalue weighted by Gasteiger charge is -1.80. The van der Waals surface area contributed by atoms with E-state index in [2.05, 4.69) is 4.18 Å². The quantitative estimate of drug-likeness (QED) is 0.531. The summed E-state index contributed by atoms with van der Waals surface area (Å²) in [6.45, 7) is 2.02. The first-order chi connectivity index (χ1) is 3.31. The van der Waals surface area contributed by atoms with E-state index >= 15 is 0 Å². The molecule has 7 heavy (non-hydrogen) atoms. The van der Waals surface area contributed by atoms with Gasteiger partial charge in [-0.2, -0.15) is 0 Å². The van der Waals surface area contributed by atoms with Gasteiger partial charge in [0.25, 0.3) is 0 Å². The van der Waals surface area contributed by atoms with Crippen LogP contribution in [0.3, 0.4) is 0 Å². The predicted octanol–water partition coefficient (Wildman–Crippen LogP) is -0.453. The van der Waals surface area contributed by atoms with Crippen LogP contribution in [-0.4, -0.2) is 15.0 Å². The number of hydrogen-bond donors (Lipinski definition) is 1. The molecule has 0 aliphatic heterocycles. The molecule has 0 bridgehead atoms. The lowest BCUT2D eigenvalue weighted by molar-refractivity contribution is 0.382. The van der Waals surface area contributed by atoms with E-state index in [9.17, 15) is 8.42 Å². The van der Waals surface area contributed by atoms with Gasteiger partial charge in [0.2, 0.25) is 0 Å². The Kier molecular flexibility index (Phi) is 4.37. The smallest absolute Gasteiger partial charge is 0.174 e. The van der Waals surface area contributed by atoms with Crippen molar-refractivity contribution in [3.05, 3.63) is 0 Å². The minimum absolute atomic E-state index is 0.0136. The van der Waals surface area contributed by atoms with Crippen LogP contribution in [0.4, 0.5) is 0 Å². The predicted molar refractivity (Wildman–Crippen MR) is 29.3 cm³/mol. The highest BCUT2D eigenvalue weighted by Gasteiger charge is 1.72. The van der Waals surface area contributed by atoms with Crippen molar-refractivity contribution in [2.75, 3.05) is 6.61 Å². The Labute approximate surface area is 46.7 Å².